The molecule has 1 atom stereocenters. The predicted molar refractivity (Wildman–Crippen MR) is 68.1 cm³/mol. The smallest absolute Gasteiger partial charge is 0.317 e. The maximum atomic E-state index is 11.1. The number of carboxylic acid groups (broad SMARTS) is 1. The molecule has 0 saturated carbocycles. The van der Waals surface area contributed by atoms with Crippen LogP contribution >= 0.6 is 11.8 Å². The molecule has 0 saturated heterocycles. The number of carboxylic acids is 1. The Hall–Kier alpha value is -1.10. The molecular formula is C12H18N2O2S. The van der Waals surface area contributed by atoms with Crippen LogP contribution in [0.25, 0.3) is 0 Å². The minimum Gasteiger partial charge on any atom is -0.480 e. The monoisotopic (exact) mass is 254 g/mol. The summed E-state index contributed by atoms with van der Waals surface area (Å²) >= 11 is 1.29. The van der Waals surface area contributed by atoms with Gasteiger partial charge in [-0.15, -0.1) is 0 Å². The Kier molecular flexibility index (Phi) is 5.41. The van der Waals surface area contributed by atoms with Crippen LogP contribution in [0.4, 0.5) is 0 Å². The lowest BCUT2D eigenvalue weighted by Crippen LogP contribution is -2.22. The lowest BCUT2D eigenvalue weighted by molar-refractivity contribution is -0.137. The van der Waals surface area contributed by atoms with Crippen molar-refractivity contribution in [3.05, 3.63) is 18.1 Å². The lowest BCUT2D eigenvalue weighted by atomic mass is 10.1. The number of nitrogens with zero attached hydrogens (tertiary/aromatic N) is 2. The van der Waals surface area contributed by atoms with Crippen LogP contribution in [0.5, 0.6) is 0 Å². The van der Waals surface area contributed by atoms with E-state index in [4.69, 9.17) is 5.11 Å². The summed E-state index contributed by atoms with van der Waals surface area (Å²) in [6.07, 6.45) is 3.43. The molecule has 0 aromatic carbocycles. The Balaban J connectivity index is 2.78. The van der Waals surface area contributed by atoms with Gasteiger partial charge in [-0.25, -0.2) is 9.97 Å². The number of thioether (sulfide) groups is 1. The maximum absolute atomic E-state index is 11.1. The Labute approximate surface area is 106 Å². The predicted octanol–water partition coefficient (Wildman–Crippen LogP) is 2.63. The van der Waals surface area contributed by atoms with Crippen LogP contribution < -0.4 is 0 Å². The van der Waals surface area contributed by atoms with E-state index in [1.165, 1.54) is 18.1 Å². The Morgan fingerprint density at radius 3 is 2.71 bits per heavy atom. The van der Waals surface area contributed by atoms with E-state index in [1.54, 1.807) is 0 Å². The highest BCUT2D eigenvalue weighted by molar-refractivity contribution is 8.00. The Bertz CT molecular complexity index is 383. The molecule has 0 radical (unpaired) electrons. The largest absolute Gasteiger partial charge is 0.480 e. The lowest BCUT2D eigenvalue weighted by Gasteiger charge is -2.14. The van der Waals surface area contributed by atoms with Crippen LogP contribution in [-0.2, 0) is 11.2 Å². The minimum absolute atomic E-state index is 0.0714. The van der Waals surface area contributed by atoms with E-state index < -0.39 is 11.2 Å². The van der Waals surface area contributed by atoms with Gasteiger partial charge in [-0.3, -0.25) is 4.79 Å². The average Bonchev–Trinajstić information content (AvgIpc) is 2.26. The van der Waals surface area contributed by atoms with E-state index in [2.05, 4.69) is 16.9 Å². The molecule has 1 unspecified atom stereocenters. The molecule has 0 aliphatic carbocycles. The first-order chi connectivity index (χ1) is 8.04. The Morgan fingerprint density at radius 1 is 1.47 bits per heavy atom. The third-order valence-corrected chi connectivity index (χ3v) is 3.77. The number of hydrogen-bond donors (Lipinski definition) is 1. The highest BCUT2D eigenvalue weighted by Crippen LogP contribution is 2.27. The first-order valence-electron chi connectivity index (χ1n) is 5.75. The summed E-state index contributed by atoms with van der Waals surface area (Å²) in [5.41, 5.74) is 0.970. The fourth-order valence-corrected chi connectivity index (χ4v) is 2.38. The number of hydrogen-bond acceptors (Lipinski definition) is 4. The number of aliphatic carboxylic acids is 1. The number of rotatable bonds is 6. The topological polar surface area (TPSA) is 63.1 Å². The van der Waals surface area contributed by atoms with Gasteiger partial charge in [0.15, 0.2) is 0 Å². The van der Waals surface area contributed by atoms with Crippen LogP contribution in [0.1, 0.15) is 32.9 Å². The number of aryl methyl sites for hydroxylation is 1. The number of aromatic nitrogens is 2. The summed E-state index contributed by atoms with van der Waals surface area (Å²) in [5.74, 6) is -0.720. The molecule has 94 valence electrons. The van der Waals surface area contributed by atoms with Gasteiger partial charge in [-0.05, 0) is 18.4 Å². The third kappa shape index (κ3) is 4.34. The van der Waals surface area contributed by atoms with Gasteiger partial charge >= 0.3 is 5.97 Å². The average molecular weight is 254 g/mol. The molecular weight excluding hydrogens is 236 g/mol. The molecule has 1 N–H and O–H groups in total. The van der Waals surface area contributed by atoms with Gasteiger partial charge in [0.2, 0.25) is 0 Å². The summed E-state index contributed by atoms with van der Waals surface area (Å²) < 4.78 is 0. The van der Waals surface area contributed by atoms with E-state index in [9.17, 15) is 4.79 Å². The summed E-state index contributed by atoms with van der Waals surface area (Å²) in [6.45, 7) is 5.89. The summed E-state index contributed by atoms with van der Waals surface area (Å²) in [7, 11) is 0. The van der Waals surface area contributed by atoms with Crippen molar-refractivity contribution in [3.63, 3.8) is 0 Å². The molecule has 0 aliphatic rings. The zero-order valence-electron chi connectivity index (χ0n) is 10.4. The highest BCUT2D eigenvalue weighted by atomic mass is 32.2. The molecule has 1 heterocycles. The molecule has 5 heteroatoms. The van der Waals surface area contributed by atoms with E-state index in [1.807, 2.05) is 19.9 Å². The zero-order valence-corrected chi connectivity index (χ0v) is 11.2. The van der Waals surface area contributed by atoms with Gasteiger partial charge in [-0.2, -0.15) is 0 Å². The summed E-state index contributed by atoms with van der Waals surface area (Å²) in [5, 5.41) is 9.39. The second-order valence-corrected chi connectivity index (χ2v) is 5.38. The molecule has 0 amide bonds. The molecule has 4 nitrogen and oxygen atoms in total. The van der Waals surface area contributed by atoms with Crippen molar-refractivity contribution < 1.29 is 9.90 Å². The van der Waals surface area contributed by atoms with E-state index in [0.29, 0.717) is 0 Å². The first kappa shape index (κ1) is 14.0. The van der Waals surface area contributed by atoms with Crippen molar-refractivity contribution in [1.82, 2.24) is 9.97 Å². The standard InChI is InChI=1S/C12H18N2O2S/c1-4-5-9-6-10(14-7-13-9)17-11(8(2)3)12(15)16/h6-8,11H,4-5H2,1-3H3,(H,15,16). The van der Waals surface area contributed by atoms with E-state index >= 15 is 0 Å². The van der Waals surface area contributed by atoms with Crippen LogP contribution in [-0.4, -0.2) is 26.3 Å². The molecule has 0 fully saturated rings. The minimum atomic E-state index is -0.791. The third-order valence-electron chi connectivity index (χ3n) is 2.30. The van der Waals surface area contributed by atoms with Gasteiger partial charge in [0, 0.05) is 5.69 Å². The van der Waals surface area contributed by atoms with E-state index in [-0.39, 0.29) is 5.92 Å². The summed E-state index contributed by atoms with van der Waals surface area (Å²) in [4.78, 5) is 19.4. The quantitative estimate of drug-likeness (QED) is 0.624. The molecule has 0 aliphatic heterocycles. The van der Waals surface area contributed by atoms with Gasteiger partial charge in [-0.1, -0.05) is 39.0 Å². The molecule has 17 heavy (non-hydrogen) atoms. The number of carbonyl (C=O) groups is 1. The Morgan fingerprint density at radius 2 is 2.18 bits per heavy atom. The first-order valence-corrected chi connectivity index (χ1v) is 6.63. The van der Waals surface area contributed by atoms with Crippen LogP contribution in [0, 0.1) is 5.92 Å². The van der Waals surface area contributed by atoms with Crippen molar-refractivity contribution in [2.24, 2.45) is 5.92 Å². The molecule has 1 aromatic rings. The van der Waals surface area contributed by atoms with Gasteiger partial charge in [0.25, 0.3) is 0 Å². The van der Waals surface area contributed by atoms with Gasteiger partial charge in [0.05, 0.1) is 0 Å². The van der Waals surface area contributed by atoms with Crippen LogP contribution in [0.15, 0.2) is 17.4 Å². The molecule has 0 bridgehead atoms. The summed E-state index contributed by atoms with van der Waals surface area (Å²) in [6, 6.07) is 1.88. The second-order valence-electron chi connectivity index (χ2n) is 4.22. The fourth-order valence-electron chi connectivity index (χ4n) is 1.44. The SMILES string of the molecule is CCCc1cc(SC(C(=O)O)C(C)C)ncn1. The molecule has 1 aromatic heterocycles. The van der Waals surface area contributed by atoms with Crippen molar-refractivity contribution in [2.45, 2.75) is 43.9 Å². The van der Waals surface area contributed by atoms with Crippen LogP contribution in [0.3, 0.4) is 0 Å². The fraction of sp³-hybridized carbons (Fsp3) is 0.583. The highest BCUT2D eigenvalue weighted by Gasteiger charge is 2.23. The van der Waals surface area contributed by atoms with Crippen molar-refractivity contribution in [2.75, 3.05) is 0 Å². The zero-order chi connectivity index (χ0) is 12.8. The van der Waals surface area contributed by atoms with Gasteiger partial charge < -0.3 is 5.11 Å². The van der Waals surface area contributed by atoms with Crippen molar-refractivity contribution >= 4 is 17.7 Å². The van der Waals surface area contributed by atoms with Gasteiger partial charge in [0.1, 0.15) is 16.6 Å². The normalized spacial score (nSPS) is 12.7. The van der Waals surface area contributed by atoms with Crippen molar-refractivity contribution in [1.29, 1.82) is 0 Å². The van der Waals surface area contributed by atoms with Crippen LogP contribution in [0.2, 0.25) is 0 Å². The maximum Gasteiger partial charge on any atom is 0.317 e. The molecule has 1 rings (SSSR count). The van der Waals surface area contributed by atoms with Crippen molar-refractivity contribution in [3.8, 4) is 0 Å². The molecule has 0 spiro atoms. The second kappa shape index (κ2) is 6.59. The van der Waals surface area contributed by atoms with E-state index in [0.717, 1.165) is 23.6 Å².